The molecule has 2 aromatic heterocycles. The molecule has 0 aliphatic rings. The van der Waals surface area contributed by atoms with E-state index in [2.05, 4.69) is 25.6 Å². The zero-order chi connectivity index (χ0) is 18.2. The minimum atomic E-state index is -0.265. The monoisotopic (exact) mass is 367 g/mol. The van der Waals surface area contributed by atoms with Gasteiger partial charge in [-0.1, -0.05) is 29.8 Å². The topological polar surface area (TPSA) is 79.8 Å². The molecule has 0 aliphatic carbocycles. The minimum Gasteiger partial charge on any atom is -0.354 e. The summed E-state index contributed by atoms with van der Waals surface area (Å²) in [7, 11) is 0. The highest BCUT2D eigenvalue weighted by atomic mass is 35.5. The number of aromatic nitrogens is 3. The number of halogens is 1. The second-order valence-electron chi connectivity index (χ2n) is 5.57. The molecule has 1 amide bonds. The first-order valence-electron chi connectivity index (χ1n) is 8.20. The van der Waals surface area contributed by atoms with E-state index in [1.807, 2.05) is 42.5 Å². The normalized spacial score (nSPS) is 10.3. The van der Waals surface area contributed by atoms with Gasteiger partial charge in [-0.3, -0.25) is 9.78 Å². The van der Waals surface area contributed by atoms with Crippen molar-refractivity contribution >= 4 is 23.5 Å². The van der Waals surface area contributed by atoms with E-state index < -0.39 is 0 Å². The van der Waals surface area contributed by atoms with Gasteiger partial charge in [0.15, 0.2) is 0 Å². The molecule has 0 fully saturated rings. The van der Waals surface area contributed by atoms with Gasteiger partial charge in [0.25, 0.3) is 5.91 Å². The minimum absolute atomic E-state index is 0.265. The van der Waals surface area contributed by atoms with Crippen molar-refractivity contribution in [2.24, 2.45) is 0 Å². The number of nitrogens with one attached hydrogen (secondary N) is 2. The van der Waals surface area contributed by atoms with Crippen molar-refractivity contribution in [1.29, 1.82) is 0 Å². The van der Waals surface area contributed by atoms with E-state index in [9.17, 15) is 4.79 Å². The van der Waals surface area contributed by atoms with Gasteiger partial charge in [0.1, 0.15) is 5.69 Å². The summed E-state index contributed by atoms with van der Waals surface area (Å²) in [6, 6.07) is 14.8. The van der Waals surface area contributed by atoms with E-state index in [4.69, 9.17) is 11.6 Å². The summed E-state index contributed by atoms with van der Waals surface area (Å²) in [5.41, 5.74) is 2.26. The Bertz CT molecular complexity index is 855. The van der Waals surface area contributed by atoms with Gasteiger partial charge in [-0.15, -0.1) is 0 Å². The van der Waals surface area contributed by atoms with Crippen molar-refractivity contribution in [3.63, 3.8) is 0 Å². The summed E-state index contributed by atoms with van der Waals surface area (Å²) < 4.78 is 0. The molecule has 26 heavy (non-hydrogen) atoms. The molecule has 0 bridgehead atoms. The zero-order valence-electron chi connectivity index (χ0n) is 14.0. The van der Waals surface area contributed by atoms with Crippen LogP contribution >= 0.6 is 11.6 Å². The zero-order valence-corrected chi connectivity index (χ0v) is 14.8. The standard InChI is InChI=1S/C19H18ClN5O/c20-15-6-4-14(5-7-15)8-11-22-19-23-12-9-17(25-19)18(26)24-13-16-3-1-2-10-21-16/h1-7,9-10,12H,8,11,13H2,(H,24,26)(H,22,23,25). The predicted molar refractivity (Wildman–Crippen MR) is 101 cm³/mol. The number of carbonyl (C=O) groups excluding carboxylic acids is 1. The van der Waals surface area contributed by atoms with Crippen LogP contribution in [-0.4, -0.2) is 27.4 Å². The third-order valence-corrected chi connectivity index (χ3v) is 3.91. The van der Waals surface area contributed by atoms with Gasteiger partial charge < -0.3 is 10.6 Å². The summed E-state index contributed by atoms with van der Waals surface area (Å²) in [6.45, 7) is 1.00. The van der Waals surface area contributed by atoms with Crippen LogP contribution in [0.2, 0.25) is 5.02 Å². The number of hydrogen-bond acceptors (Lipinski definition) is 5. The average Bonchev–Trinajstić information content (AvgIpc) is 2.69. The summed E-state index contributed by atoms with van der Waals surface area (Å²) in [5, 5.41) is 6.64. The third-order valence-electron chi connectivity index (χ3n) is 3.65. The fraction of sp³-hybridized carbons (Fsp3) is 0.158. The Morgan fingerprint density at radius 1 is 1.00 bits per heavy atom. The second-order valence-corrected chi connectivity index (χ2v) is 6.01. The van der Waals surface area contributed by atoms with Gasteiger partial charge in [-0.2, -0.15) is 0 Å². The Hall–Kier alpha value is -2.99. The lowest BCUT2D eigenvalue weighted by atomic mass is 10.1. The third kappa shape index (κ3) is 5.26. The SMILES string of the molecule is O=C(NCc1ccccn1)c1ccnc(NCCc2ccc(Cl)cc2)n1. The molecule has 0 saturated heterocycles. The van der Waals surface area contributed by atoms with Crippen molar-refractivity contribution in [1.82, 2.24) is 20.3 Å². The number of carbonyl (C=O) groups is 1. The molecule has 3 rings (SSSR count). The smallest absolute Gasteiger partial charge is 0.270 e. The van der Waals surface area contributed by atoms with Gasteiger partial charge in [-0.25, -0.2) is 9.97 Å². The number of amides is 1. The van der Waals surface area contributed by atoms with Crippen molar-refractivity contribution in [2.45, 2.75) is 13.0 Å². The molecule has 0 atom stereocenters. The number of benzene rings is 1. The molecule has 2 heterocycles. The lowest BCUT2D eigenvalue weighted by Crippen LogP contribution is -2.24. The Labute approximate surface area is 156 Å². The molecule has 0 unspecified atom stereocenters. The highest BCUT2D eigenvalue weighted by Gasteiger charge is 2.08. The van der Waals surface area contributed by atoms with Crippen molar-refractivity contribution in [2.75, 3.05) is 11.9 Å². The number of hydrogen-bond donors (Lipinski definition) is 2. The number of pyridine rings is 1. The van der Waals surface area contributed by atoms with E-state index in [0.29, 0.717) is 24.7 Å². The molecule has 6 nitrogen and oxygen atoms in total. The maximum atomic E-state index is 12.2. The Morgan fingerprint density at radius 3 is 2.62 bits per heavy atom. The fourth-order valence-corrected chi connectivity index (χ4v) is 2.43. The Balaban J connectivity index is 1.52. The van der Waals surface area contributed by atoms with Crippen LogP contribution in [0, 0.1) is 0 Å². The van der Waals surface area contributed by atoms with Gasteiger partial charge in [0, 0.05) is 24.0 Å². The predicted octanol–water partition coefficient (Wildman–Crippen LogP) is 3.11. The van der Waals surface area contributed by atoms with Crippen LogP contribution in [0.25, 0.3) is 0 Å². The number of rotatable bonds is 7. The maximum Gasteiger partial charge on any atom is 0.270 e. The molecule has 2 N–H and O–H groups in total. The first kappa shape index (κ1) is 17.8. The molecule has 0 saturated carbocycles. The molecule has 0 radical (unpaired) electrons. The molecule has 0 spiro atoms. The first-order valence-corrected chi connectivity index (χ1v) is 8.58. The lowest BCUT2D eigenvalue weighted by Gasteiger charge is -2.07. The van der Waals surface area contributed by atoms with Crippen LogP contribution in [0.3, 0.4) is 0 Å². The molecular weight excluding hydrogens is 350 g/mol. The van der Waals surface area contributed by atoms with Crippen molar-refractivity contribution in [3.8, 4) is 0 Å². The van der Waals surface area contributed by atoms with Crippen molar-refractivity contribution < 1.29 is 4.79 Å². The summed E-state index contributed by atoms with van der Waals surface area (Å²) in [6.07, 6.45) is 4.05. The first-order chi connectivity index (χ1) is 12.7. The van der Waals surface area contributed by atoms with Crippen molar-refractivity contribution in [3.05, 3.63) is 82.9 Å². The van der Waals surface area contributed by atoms with E-state index in [0.717, 1.165) is 22.7 Å². The van der Waals surface area contributed by atoms with Gasteiger partial charge in [0.05, 0.1) is 12.2 Å². The average molecular weight is 368 g/mol. The summed E-state index contributed by atoms with van der Waals surface area (Å²) >= 11 is 5.88. The fourth-order valence-electron chi connectivity index (χ4n) is 2.30. The van der Waals surface area contributed by atoms with Crippen LogP contribution in [-0.2, 0) is 13.0 Å². The summed E-state index contributed by atoms with van der Waals surface area (Å²) in [4.78, 5) is 24.8. The quantitative estimate of drug-likeness (QED) is 0.670. The van der Waals surface area contributed by atoms with Crippen LogP contribution in [0.5, 0.6) is 0 Å². The number of nitrogens with zero attached hydrogens (tertiary/aromatic N) is 3. The number of anilines is 1. The van der Waals surface area contributed by atoms with Crippen LogP contribution in [0.1, 0.15) is 21.7 Å². The molecule has 0 aliphatic heterocycles. The Kier molecular flexibility index (Phi) is 6.11. The highest BCUT2D eigenvalue weighted by molar-refractivity contribution is 6.30. The van der Waals surface area contributed by atoms with E-state index in [1.165, 1.54) is 0 Å². The molecule has 7 heteroatoms. The molecule has 132 valence electrons. The lowest BCUT2D eigenvalue weighted by molar-refractivity contribution is 0.0945. The van der Waals surface area contributed by atoms with Crippen LogP contribution in [0.15, 0.2) is 60.9 Å². The van der Waals surface area contributed by atoms with Crippen LogP contribution in [0.4, 0.5) is 5.95 Å². The van der Waals surface area contributed by atoms with Gasteiger partial charge in [-0.05, 0) is 42.3 Å². The van der Waals surface area contributed by atoms with E-state index in [1.54, 1.807) is 18.5 Å². The van der Waals surface area contributed by atoms with Gasteiger partial charge in [0.2, 0.25) is 5.95 Å². The van der Waals surface area contributed by atoms with Crippen LogP contribution < -0.4 is 10.6 Å². The highest BCUT2D eigenvalue weighted by Crippen LogP contribution is 2.10. The largest absolute Gasteiger partial charge is 0.354 e. The molecular formula is C19H18ClN5O. The van der Waals surface area contributed by atoms with E-state index in [-0.39, 0.29) is 5.91 Å². The molecule has 3 aromatic rings. The second kappa shape index (κ2) is 8.92. The Morgan fingerprint density at radius 2 is 1.85 bits per heavy atom. The van der Waals surface area contributed by atoms with E-state index >= 15 is 0 Å². The molecule has 1 aromatic carbocycles. The van der Waals surface area contributed by atoms with Gasteiger partial charge >= 0.3 is 0 Å². The maximum absolute atomic E-state index is 12.2. The summed E-state index contributed by atoms with van der Waals surface area (Å²) in [5.74, 6) is 0.156.